The molecule has 0 aromatic rings. The number of sulfonamides is 1. The van der Waals surface area contributed by atoms with Crippen LogP contribution in [0.5, 0.6) is 0 Å². The van der Waals surface area contributed by atoms with Gasteiger partial charge in [-0.05, 0) is 32.7 Å². The molecule has 1 aliphatic heterocycles. The largest absolute Gasteiger partial charge is 0.317 e. The fourth-order valence-corrected chi connectivity index (χ4v) is 5.76. The Morgan fingerprint density at radius 3 is 2.11 bits per heavy atom. The van der Waals surface area contributed by atoms with Crippen LogP contribution in [0.2, 0.25) is 0 Å². The Balaban J connectivity index is 2.63. The zero-order valence-electron chi connectivity index (χ0n) is 11.1. The summed E-state index contributed by atoms with van der Waals surface area (Å²) in [6, 6.07) is 0.352. The smallest absolute Gasteiger partial charge is 0.228 e. The average Bonchev–Trinajstić information content (AvgIpc) is 2.25. The second-order valence-corrected chi connectivity index (χ2v) is 9.44. The average molecular weight is 298 g/mol. The van der Waals surface area contributed by atoms with Crippen LogP contribution in [0.4, 0.5) is 0 Å². The molecule has 0 aromatic heterocycles. The molecule has 1 saturated heterocycles. The van der Waals surface area contributed by atoms with Crippen molar-refractivity contribution in [3.63, 3.8) is 0 Å². The summed E-state index contributed by atoms with van der Waals surface area (Å²) in [6.07, 6.45) is 2.48. The maximum absolute atomic E-state index is 11.9. The highest BCUT2D eigenvalue weighted by Gasteiger charge is 2.31. The van der Waals surface area contributed by atoms with Gasteiger partial charge < -0.3 is 5.32 Å². The standard InChI is InChI=1S/C10H22N2O4S2/c1-9(11-2)10-4-6-12(7-5-10)18(15,16)8-17(3,13)14/h9-11H,4-8H2,1-3H3. The highest BCUT2D eigenvalue weighted by molar-refractivity contribution is 8.06. The first-order valence-electron chi connectivity index (χ1n) is 5.98. The van der Waals surface area contributed by atoms with Crippen LogP contribution in [-0.2, 0) is 19.9 Å². The first-order valence-corrected chi connectivity index (χ1v) is 9.65. The van der Waals surface area contributed by atoms with Gasteiger partial charge in [-0.3, -0.25) is 0 Å². The molecule has 1 heterocycles. The molecule has 0 radical (unpaired) electrons. The highest BCUT2D eigenvalue weighted by atomic mass is 32.3. The van der Waals surface area contributed by atoms with Crippen LogP contribution >= 0.6 is 0 Å². The van der Waals surface area contributed by atoms with E-state index in [1.54, 1.807) is 0 Å². The SMILES string of the molecule is CNC(C)C1CCN(S(=O)(=O)CS(C)(=O)=O)CC1. The lowest BCUT2D eigenvalue weighted by molar-refractivity contribution is 0.237. The van der Waals surface area contributed by atoms with Gasteiger partial charge >= 0.3 is 0 Å². The molecular weight excluding hydrogens is 276 g/mol. The summed E-state index contributed by atoms with van der Waals surface area (Å²) in [6.45, 7) is 2.90. The van der Waals surface area contributed by atoms with E-state index in [0.717, 1.165) is 19.1 Å². The molecule has 1 rings (SSSR count). The molecule has 1 unspecified atom stereocenters. The van der Waals surface area contributed by atoms with Gasteiger partial charge in [-0.1, -0.05) is 0 Å². The van der Waals surface area contributed by atoms with Crippen LogP contribution < -0.4 is 5.32 Å². The van der Waals surface area contributed by atoms with Crippen molar-refractivity contribution >= 4 is 19.9 Å². The number of nitrogens with zero attached hydrogens (tertiary/aromatic N) is 1. The fraction of sp³-hybridized carbons (Fsp3) is 1.00. The molecule has 0 aromatic carbocycles. The van der Waals surface area contributed by atoms with Gasteiger partial charge in [0, 0.05) is 25.4 Å². The lowest BCUT2D eigenvalue weighted by atomic mass is 9.91. The van der Waals surface area contributed by atoms with Crippen LogP contribution in [0.15, 0.2) is 0 Å². The Hall–Kier alpha value is -0.180. The number of nitrogens with one attached hydrogen (secondary N) is 1. The van der Waals surface area contributed by atoms with E-state index in [4.69, 9.17) is 0 Å². The van der Waals surface area contributed by atoms with E-state index < -0.39 is 24.9 Å². The number of sulfone groups is 1. The zero-order valence-corrected chi connectivity index (χ0v) is 12.7. The molecule has 0 saturated carbocycles. The number of hydrogen-bond acceptors (Lipinski definition) is 5. The van der Waals surface area contributed by atoms with E-state index in [1.807, 2.05) is 7.05 Å². The quantitative estimate of drug-likeness (QED) is 0.749. The minimum atomic E-state index is -3.67. The lowest BCUT2D eigenvalue weighted by Crippen LogP contribution is -2.44. The first kappa shape index (κ1) is 15.9. The van der Waals surface area contributed by atoms with Crippen LogP contribution in [0, 0.1) is 5.92 Å². The molecule has 1 atom stereocenters. The van der Waals surface area contributed by atoms with Gasteiger partial charge in [0.05, 0.1) is 0 Å². The molecule has 18 heavy (non-hydrogen) atoms. The summed E-state index contributed by atoms with van der Waals surface area (Å²) in [5.74, 6) is 0.444. The minimum Gasteiger partial charge on any atom is -0.317 e. The Kier molecular flexibility index (Phi) is 5.16. The number of hydrogen-bond donors (Lipinski definition) is 1. The summed E-state index contributed by atoms with van der Waals surface area (Å²) >= 11 is 0. The molecule has 0 aliphatic carbocycles. The fourth-order valence-electron chi connectivity index (χ4n) is 2.23. The zero-order chi connectivity index (χ0) is 14.0. The van der Waals surface area contributed by atoms with E-state index in [9.17, 15) is 16.8 Å². The van der Waals surface area contributed by atoms with Gasteiger partial charge in [-0.25, -0.2) is 21.1 Å². The Morgan fingerprint density at radius 2 is 1.72 bits per heavy atom. The minimum absolute atomic E-state index is 0.352. The van der Waals surface area contributed by atoms with Gasteiger partial charge in [0.1, 0.15) is 0 Å². The third-order valence-corrected chi connectivity index (χ3v) is 7.47. The predicted molar refractivity (Wildman–Crippen MR) is 71.4 cm³/mol. The van der Waals surface area contributed by atoms with Crippen molar-refractivity contribution in [2.24, 2.45) is 5.92 Å². The number of piperidine rings is 1. The van der Waals surface area contributed by atoms with Crippen molar-refractivity contribution in [3.8, 4) is 0 Å². The lowest BCUT2D eigenvalue weighted by Gasteiger charge is -2.33. The second kappa shape index (κ2) is 5.85. The summed E-state index contributed by atoms with van der Waals surface area (Å²) < 4.78 is 47.2. The van der Waals surface area contributed by atoms with Crippen molar-refractivity contribution < 1.29 is 16.8 Å². The molecule has 0 spiro atoms. The summed E-state index contributed by atoms with van der Waals surface area (Å²) in [7, 11) is -5.29. The van der Waals surface area contributed by atoms with Crippen molar-refractivity contribution in [2.45, 2.75) is 25.8 Å². The molecule has 6 nitrogen and oxygen atoms in total. The van der Waals surface area contributed by atoms with Crippen molar-refractivity contribution in [1.82, 2.24) is 9.62 Å². The topological polar surface area (TPSA) is 83.6 Å². The molecule has 1 aliphatic rings. The normalized spacial score (nSPS) is 21.9. The van der Waals surface area contributed by atoms with Crippen LogP contribution in [0.3, 0.4) is 0 Å². The molecule has 8 heteroatoms. The van der Waals surface area contributed by atoms with Crippen LogP contribution in [0.25, 0.3) is 0 Å². The van der Waals surface area contributed by atoms with E-state index >= 15 is 0 Å². The summed E-state index contributed by atoms with van der Waals surface area (Å²) in [5, 5.41) is 2.38. The molecule has 1 fully saturated rings. The molecule has 108 valence electrons. The van der Waals surface area contributed by atoms with Gasteiger partial charge in [-0.15, -0.1) is 0 Å². The summed E-state index contributed by atoms with van der Waals surface area (Å²) in [5.41, 5.74) is 0. The summed E-state index contributed by atoms with van der Waals surface area (Å²) in [4.78, 5) is 0. The van der Waals surface area contributed by atoms with Gasteiger partial charge in [0.15, 0.2) is 14.9 Å². The third kappa shape index (κ3) is 4.49. The Labute approximate surface area is 110 Å². The first-order chi connectivity index (χ1) is 8.15. The van der Waals surface area contributed by atoms with E-state index in [1.165, 1.54) is 4.31 Å². The number of rotatable bonds is 5. The van der Waals surface area contributed by atoms with Gasteiger partial charge in [0.25, 0.3) is 0 Å². The van der Waals surface area contributed by atoms with E-state index in [0.29, 0.717) is 25.0 Å². The van der Waals surface area contributed by atoms with E-state index in [-0.39, 0.29) is 0 Å². The second-order valence-electron chi connectivity index (χ2n) is 4.97. The highest BCUT2D eigenvalue weighted by Crippen LogP contribution is 2.22. The van der Waals surface area contributed by atoms with Gasteiger partial charge in [0.2, 0.25) is 10.0 Å². The van der Waals surface area contributed by atoms with Gasteiger partial charge in [-0.2, -0.15) is 0 Å². The van der Waals surface area contributed by atoms with Crippen LogP contribution in [0.1, 0.15) is 19.8 Å². The maximum Gasteiger partial charge on any atom is 0.228 e. The maximum atomic E-state index is 11.9. The molecule has 0 amide bonds. The predicted octanol–water partition coefficient (Wildman–Crippen LogP) is -0.362. The Morgan fingerprint density at radius 1 is 1.22 bits per heavy atom. The molecule has 1 N–H and O–H groups in total. The van der Waals surface area contributed by atoms with E-state index in [2.05, 4.69) is 12.2 Å². The monoisotopic (exact) mass is 298 g/mol. The Bertz CT molecular complexity index is 464. The van der Waals surface area contributed by atoms with Crippen LogP contribution in [-0.4, -0.2) is 58.7 Å². The van der Waals surface area contributed by atoms with Crippen molar-refractivity contribution in [3.05, 3.63) is 0 Å². The van der Waals surface area contributed by atoms with Crippen molar-refractivity contribution in [1.29, 1.82) is 0 Å². The molecular formula is C10H22N2O4S2. The molecule has 0 bridgehead atoms. The third-order valence-electron chi connectivity index (χ3n) is 3.42. The van der Waals surface area contributed by atoms with Crippen molar-refractivity contribution in [2.75, 3.05) is 31.5 Å².